The maximum Gasteiger partial charge on any atom is 0.329 e. The van der Waals surface area contributed by atoms with E-state index in [1.807, 2.05) is 30.3 Å². The van der Waals surface area contributed by atoms with Crippen LogP contribution >= 0.6 is 15.9 Å². The molecule has 178 valence electrons. The number of Topliss-reactive ketones (excluding diaryl/α,β-unsaturated/α-hetero) is 1. The summed E-state index contributed by atoms with van der Waals surface area (Å²) in [7, 11) is 0. The van der Waals surface area contributed by atoms with E-state index in [1.54, 1.807) is 24.3 Å². The molecule has 5 nitrogen and oxygen atoms in total. The Balaban J connectivity index is 1.28. The summed E-state index contributed by atoms with van der Waals surface area (Å²) in [5, 5.41) is 3.06. The first-order chi connectivity index (χ1) is 16.4. The normalized spacial score (nSPS) is 27.7. The molecular formula is C28H30BrNO4. The Morgan fingerprint density at radius 3 is 2.09 bits per heavy atom. The number of hydrogen-bond acceptors (Lipinski definition) is 4. The summed E-state index contributed by atoms with van der Waals surface area (Å²) in [5.41, 5.74) is 1.07. The molecule has 0 spiro atoms. The molecule has 2 aromatic carbocycles. The van der Waals surface area contributed by atoms with E-state index in [1.165, 1.54) is 19.3 Å². The molecular weight excluding hydrogens is 494 g/mol. The number of nitrogens with one attached hydrogen (secondary N) is 1. The Kier molecular flexibility index (Phi) is 6.61. The molecule has 4 saturated carbocycles. The lowest BCUT2D eigenvalue weighted by atomic mass is 9.49. The second-order valence-corrected chi connectivity index (χ2v) is 11.4. The summed E-state index contributed by atoms with van der Waals surface area (Å²) in [6.45, 7) is -0.348. The van der Waals surface area contributed by atoms with Crippen LogP contribution in [0.1, 0.15) is 54.4 Å². The highest BCUT2D eigenvalue weighted by Gasteiger charge is 2.55. The van der Waals surface area contributed by atoms with E-state index in [-0.39, 0.29) is 23.7 Å². The number of carbonyl (C=O) groups excluding carboxylic acids is 3. The molecule has 0 heterocycles. The molecule has 34 heavy (non-hydrogen) atoms. The van der Waals surface area contributed by atoms with Crippen molar-refractivity contribution in [3.05, 3.63) is 70.2 Å². The van der Waals surface area contributed by atoms with Gasteiger partial charge < -0.3 is 10.1 Å². The number of ketones is 1. The maximum atomic E-state index is 13.6. The summed E-state index contributed by atoms with van der Waals surface area (Å²) >= 11 is 3.35. The van der Waals surface area contributed by atoms with Crippen LogP contribution in [-0.4, -0.2) is 30.3 Å². The minimum atomic E-state index is -0.819. The second kappa shape index (κ2) is 9.65. The number of rotatable bonds is 8. The summed E-state index contributed by atoms with van der Waals surface area (Å²) in [6.07, 6.45) is 6.88. The summed E-state index contributed by atoms with van der Waals surface area (Å²) < 4.78 is 6.30. The first-order valence-corrected chi connectivity index (χ1v) is 13.0. The van der Waals surface area contributed by atoms with Gasteiger partial charge >= 0.3 is 5.97 Å². The molecule has 2 aromatic rings. The van der Waals surface area contributed by atoms with Gasteiger partial charge in [0.2, 0.25) is 5.91 Å². The topological polar surface area (TPSA) is 72.5 Å². The number of hydrogen-bond donors (Lipinski definition) is 1. The molecule has 6 heteroatoms. The minimum absolute atomic E-state index is 0.0104. The Bertz CT molecular complexity index is 1030. The Labute approximate surface area is 208 Å². The van der Waals surface area contributed by atoms with E-state index in [4.69, 9.17) is 4.74 Å². The van der Waals surface area contributed by atoms with E-state index >= 15 is 0 Å². The summed E-state index contributed by atoms with van der Waals surface area (Å²) in [4.78, 5) is 39.2. The summed E-state index contributed by atoms with van der Waals surface area (Å²) in [6, 6.07) is 15.7. The minimum Gasteiger partial charge on any atom is -0.456 e. The lowest BCUT2D eigenvalue weighted by Gasteiger charge is -2.55. The molecule has 4 aliphatic carbocycles. The molecule has 4 bridgehead atoms. The molecule has 0 saturated heterocycles. The average Bonchev–Trinajstić information content (AvgIpc) is 2.82. The standard InChI is InChI=1S/C28H30BrNO4/c29-23-8-6-22(7-9-23)25(31)17-34-26(32)24(13-18-4-2-1-3-5-18)30-27(33)28-14-19-10-20(15-28)12-21(11-19)16-28/h1-9,19-21,24H,10-17H2,(H,30,33)/t19?,20?,21?,24-,28?/m1/s1. The predicted molar refractivity (Wildman–Crippen MR) is 132 cm³/mol. The third-order valence-corrected chi connectivity index (χ3v) is 8.43. The molecule has 0 unspecified atom stereocenters. The molecule has 0 aromatic heterocycles. The first kappa shape index (κ1) is 23.3. The van der Waals surface area contributed by atoms with Crippen LogP contribution in [0.3, 0.4) is 0 Å². The zero-order valence-corrected chi connectivity index (χ0v) is 20.8. The van der Waals surface area contributed by atoms with Gasteiger partial charge in [-0.05, 0) is 74.0 Å². The van der Waals surface area contributed by atoms with Crippen LogP contribution in [0.15, 0.2) is 59.1 Å². The van der Waals surface area contributed by atoms with Gasteiger partial charge in [0, 0.05) is 21.9 Å². The van der Waals surface area contributed by atoms with Crippen molar-refractivity contribution in [2.24, 2.45) is 23.2 Å². The van der Waals surface area contributed by atoms with Gasteiger partial charge in [0.25, 0.3) is 0 Å². The van der Waals surface area contributed by atoms with Crippen molar-refractivity contribution in [1.82, 2.24) is 5.32 Å². The highest BCUT2D eigenvalue weighted by molar-refractivity contribution is 9.10. The second-order valence-electron chi connectivity index (χ2n) is 10.5. The molecule has 1 amide bonds. The van der Waals surface area contributed by atoms with Gasteiger partial charge in [0.1, 0.15) is 6.04 Å². The summed E-state index contributed by atoms with van der Waals surface area (Å²) in [5.74, 6) is 1.07. The van der Waals surface area contributed by atoms with Crippen LogP contribution in [0.5, 0.6) is 0 Å². The first-order valence-electron chi connectivity index (χ1n) is 12.2. The molecule has 0 aliphatic heterocycles. The molecule has 0 radical (unpaired) electrons. The van der Waals surface area contributed by atoms with Crippen molar-refractivity contribution in [3.8, 4) is 0 Å². The number of carbonyl (C=O) groups is 3. The highest BCUT2D eigenvalue weighted by atomic mass is 79.9. The van der Waals surface area contributed by atoms with Gasteiger partial charge in [-0.3, -0.25) is 9.59 Å². The number of benzene rings is 2. The zero-order chi connectivity index (χ0) is 23.7. The van der Waals surface area contributed by atoms with E-state index in [0.29, 0.717) is 29.7 Å². The zero-order valence-electron chi connectivity index (χ0n) is 19.2. The number of amides is 1. The SMILES string of the molecule is O=C(COC(=O)[C@@H](Cc1ccccc1)NC(=O)C12CC3CC(CC(C3)C1)C2)c1ccc(Br)cc1. The quantitative estimate of drug-likeness (QED) is 0.385. The van der Waals surface area contributed by atoms with Crippen molar-refractivity contribution in [3.63, 3.8) is 0 Å². The smallest absolute Gasteiger partial charge is 0.329 e. The van der Waals surface area contributed by atoms with Crippen LogP contribution < -0.4 is 5.32 Å². The van der Waals surface area contributed by atoms with Crippen LogP contribution in [0.4, 0.5) is 0 Å². The van der Waals surface area contributed by atoms with Crippen molar-refractivity contribution < 1.29 is 19.1 Å². The van der Waals surface area contributed by atoms with Crippen molar-refractivity contribution >= 4 is 33.6 Å². The molecule has 1 atom stereocenters. The Hall–Kier alpha value is -2.47. The van der Waals surface area contributed by atoms with Crippen LogP contribution in [0, 0.1) is 23.2 Å². The van der Waals surface area contributed by atoms with Gasteiger partial charge in [0.05, 0.1) is 0 Å². The predicted octanol–water partition coefficient (Wildman–Crippen LogP) is 5.12. The number of halogens is 1. The third-order valence-electron chi connectivity index (χ3n) is 7.90. The van der Waals surface area contributed by atoms with Crippen LogP contribution in [-0.2, 0) is 20.7 Å². The maximum absolute atomic E-state index is 13.6. The van der Waals surface area contributed by atoms with Gasteiger partial charge in [0.15, 0.2) is 12.4 Å². The van der Waals surface area contributed by atoms with E-state index in [0.717, 1.165) is 29.3 Å². The lowest BCUT2D eigenvalue weighted by molar-refractivity contribution is -0.153. The average molecular weight is 524 g/mol. The molecule has 4 aliphatic rings. The Morgan fingerprint density at radius 2 is 1.50 bits per heavy atom. The molecule has 6 rings (SSSR count). The van der Waals surface area contributed by atoms with Gasteiger partial charge in [-0.1, -0.05) is 58.4 Å². The van der Waals surface area contributed by atoms with Gasteiger partial charge in [-0.2, -0.15) is 0 Å². The lowest BCUT2D eigenvalue weighted by Crippen LogP contribution is -2.56. The highest BCUT2D eigenvalue weighted by Crippen LogP contribution is 2.60. The largest absolute Gasteiger partial charge is 0.456 e. The molecule has 1 N–H and O–H groups in total. The van der Waals surface area contributed by atoms with Gasteiger partial charge in [-0.15, -0.1) is 0 Å². The van der Waals surface area contributed by atoms with E-state index < -0.39 is 12.0 Å². The number of ether oxygens (including phenoxy) is 1. The van der Waals surface area contributed by atoms with E-state index in [2.05, 4.69) is 21.2 Å². The monoisotopic (exact) mass is 523 g/mol. The fourth-order valence-corrected chi connectivity index (χ4v) is 6.96. The van der Waals surface area contributed by atoms with Crippen LogP contribution in [0.2, 0.25) is 0 Å². The van der Waals surface area contributed by atoms with Crippen molar-refractivity contribution in [2.45, 2.75) is 51.0 Å². The fraction of sp³-hybridized carbons (Fsp3) is 0.464. The number of esters is 1. The molecule has 4 fully saturated rings. The van der Waals surface area contributed by atoms with Crippen molar-refractivity contribution in [2.75, 3.05) is 6.61 Å². The fourth-order valence-electron chi connectivity index (χ4n) is 6.70. The van der Waals surface area contributed by atoms with Gasteiger partial charge in [-0.25, -0.2) is 4.79 Å². The third kappa shape index (κ3) is 4.97. The Morgan fingerprint density at radius 1 is 0.912 bits per heavy atom. The van der Waals surface area contributed by atoms with Crippen molar-refractivity contribution in [1.29, 1.82) is 0 Å². The van der Waals surface area contributed by atoms with Crippen LogP contribution in [0.25, 0.3) is 0 Å². The van der Waals surface area contributed by atoms with E-state index in [9.17, 15) is 14.4 Å².